The van der Waals surface area contributed by atoms with E-state index in [9.17, 15) is 0 Å². The van der Waals surface area contributed by atoms with Gasteiger partial charge in [0.15, 0.2) is 11.5 Å². The van der Waals surface area contributed by atoms with Gasteiger partial charge >= 0.3 is 0 Å². The van der Waals surface area contributed by atoms with E-state index >= 15 is 0 Å². The van der Waals surface area contributed by atoms with E-state index < -0.39 is 0 Å². The number of hydrogen-bond acceptors (Lipinski definition) is 4. The molecule has 0 saturated carbocycles. The van der Waals surface area contributed by atoms with Crippen LogP contribution in [-0.2, 0) is 0 Å². The van der Waals surface area contributed by atoms with Gasteiger partial charge in [-0.3, -0.25) is 0 Å². The van der Waals surface area contributed by atoms with Gasteiger partial charge in [-0.25, -0.2) is 0 Å². The lowest BCUT2D eigenvalue weighted by molar-refractivity contribution is 0.354. The summed E-state index contributed by atoms with van der Waals surface area (Å²) in [4.78, 5) is 0. The number of rotatable bonds is 6. The predicted molar refractivity (Wildman–Crippen MR) is 69.5 cm³/mol. The highest BCUT2D eigenvalue weighted by Crippen LogP contribution is 2.30. The van der Waals surface area contributed by atoms with Gasteiger partial charge in [0.2, 0.25) is 0 Å². The minimum absolute atomic E-state index is 0.0623. The molecule has 90 valence electrons. The molecule has 3 nitrogen and oxygen atoms in total. The molecule has 0 aliphatic carbocycles. The van der Waals surface area contributed by atoms with Crippen LogP contribution in [0.5, 0.6) is 11.5 Å². The van der Waals surface area contributed by atoms with Gasteiger partial charge in [-0.05, 0) is 36.1 Å². The molecule has 1 aromatic carbocycles. The Morgan fingerprint density at radius 3 is 2.50 bits per heavy atom. The van der Waals surface area contributed by atoms with Crippen LogP contribution < -0.4 is 15.2 Å². The Balaban J connectivity index is 2.81. The van der Waals surface area contributed by atoms with E-state index in [1.54, 1.807) is 26.0 Å². The van der Waals surface area contributed by atoms with Crippen LogP contribution in [0, 0.1) is 0 Å². The first-order valence-corrected chi connectivity index (χ1v) is 6.58. The van der Waals surface area contributed by atoms with Gasteiger partial charge in [-0.1, -0.05) is 6.07 Å². The molecule has 16 heavy (non-hydrogen) atoms. The fraction of sp³-hybridized carbons (Fsp3) is 0.500. The highest BCUT2D eigenvalue weighted by molar-refractivity contribution is 7.98. The van der Waals surface area contributed by atoms with Crippen molar-refractivity contribution in [2.75, 3.05) is 26.2 Å². The van der Waals surface area contributed by atoms with Crippen LogP contribution in [0.25, 0.3) is 0 Å². The van der Waals surface area contributed by atoms with Gasteiger partial charge < -0.3 is 15.2 Å². The second-order valence-electron chi connectivity index (χ2n) is 3.50. The summed E-state index contributed by atoms with van der Waals surface area (Å²) in [6.07, 6.45) is 3.05. The molecule has 0 aliphatic rings. The third-order valence-electron chi connectivity index (χ3n) is 2.47. The summed E-state index contributed by atoms with van der Waals surface area (Å²) >= 11 is 1.81. The minimum atomic E-state index is 0.0623. The van der Waals surface area contributed by atoms with Gasteiger partial charge in [-0.15, -0.1) is 0 Å². The van der Waals surface area contributed by atoms with Crippen LogP contribution in [0.2, 0.25) is 0 Å². The zero-order valence-electron chi connectivity index (χ0n) is 10.0. The number of ether oxygens (including phenoxy) is 2. The first-order chi connectivity index (χ1) is 7.72. The standard InChI is InChI=1S/C12H19NO2S/c1-14-11-5-4-9(8-12(11)15-2)10(13)6-7-16-3/h4-5,8,10H,6-7,13H2,1-3H3. The van der Waals surface area contributed by atoms with E-state index in [4.69, 9.17) is 15.2 Å². The van der Waals surface area contributed by atoms with Crippen molar-refractivity contribution in [3.8, 4) is 11.5 Å². The molecule has 4 heteroatoms. The molecule has 0 bridgehead atoms. The molecule has 2 N–H and O–H groups in total. The fourth-order valence-corrected chi connectivity index (χ4v) is 1.98. The van der Waals surface area contributed by atoms with Crippen molar-refractivity contribution in [1.82, 2.24) is 0 Å². The first-order valence-electron chi connectivity index (χ1n) is 5.19. The Labute approximate surface area is 101 Å². The minimum Gasteiger partial charge on any atom is -0.493 e. The van der Waals surface area contributed by atoms with Gasteiger partial charge in [-0.2, -0.15) is 11.8 Å². The number of methoxy groups -OCH3 is 2. The van der Waals surface area contributed by atoms with Crippen molar-refractivity contribution in [2.45, 2.75) is 12.5 Å². The van der Waals surface area contributed by atoms with Crippen molar-refractivity contribution in [3.05, 3.63) is 23.8 Å². The quantitative estimate of drug-likeness (QED) is 0.831. The first kappa shape index (κ1) is 13.2. The molecule has 1 aromatic rings. The Morgan fingerprint density at radius 1 is 1.25 bits per heavy atom. The number of nitrogens with two attached hydrogens (primary N) is 1. The maximum Gasteiger partial charge on any atom is 0.161 e. The lowest BCUT2D eigenvalue weighted by Gasteiger charge is -2.14. The van der Waals surface area contributed by atoms with Gasteiger partial charge in [0.1, 0.15) is 0 Å². The second-order valence-corrected chi connectivity index (χ2v) is 4.49. The van der Waals surface area contributed by atoms with Crippen molar-refractivity contribution in [3.63, 3.8) is 0 Å². The molecule has 1 atom stereocenters. The summed E-state index contributed by atoms with van der Waals surface area (Å²) in [5.74, 6) is 2.54. The molecule has 1 unspecified atom stereocenters. The van der Waals surface area contributed by atoms with Crippen LogP contribution in [0.3, 0.4) is 0 Å². The lowest BCUT2D eigenvalue weighted by Crippen LogP contribution is -2.11. The molecule has 0 aliphatic heterocycles. The molecule has 1 rings (SSSR count). The molecule has 0 heterocycles. The molecule has 0 fully saturated rings. The Morgan fingerprint density at radius 2 is 1.94 bits per heavy atom. The maximum absolute atomic E-state index is 6.09. The zero-order chi connectivity index (χ0) is 12.0. The SMILES string of the molecule is COc1ccc(C(N)CCSC)cc1OC. The Kier molecular flexibility index (Phi) is 5.49. The van der Waals surface area contributed by atoms with Crippen molar-refractivity contribution in [1.29, 1.82) is 0 Å². The van der Waals surface area contributed by atoms with E-state index in [-0.39, 0.29) is 6.04 Å². The highest BCUT2D eigenvalue weighted by atomic mass is 32.2. The monoisotopic (exact) mass is 241 g/mol. The van der Waals surface area contributed by atoms with E-state index in [0.717, 1.165) is 29.2 Å². The van der Waals surface area contributed by atoms with E-state index in [1.165, 1.54) is 0 Å². The third-order valence-corrected chi connectivity index (χ3v) is 3.11. The van der Waals surface area contributed by atoms with Crippen LogP contribution in [0.4, 0.5) is 0 Å². The molecule has 0 radical (unpaired) electrons. The molecule has 0 saturated heterocycles. The summed E-state index contributed by atoms with van der Waals surface area (Å²) in [5, 5.41) is 0. The van der Waals surface area contributed by atoms with E-state index in [1.807, 2.05) is 18.2 Å². The normalized spacial score (nSPS) is 12.2. The summed E-state index contributed by atoms with van der Waals surface area (Å²) in [7, 11) is 3.26. The maximum atomic E-state index is 6.09. The summed E-state index contributed by atoms with van der Waals surface area (Å²) in [6.45, 7) is 0. The van der Waals surface area contributed by atoms with Crippen molar-refractivity contribution >= 4 is 11.8 Å². The summed E-state index contributed by atoms with van der Waals surface area (Å²) in [5.41, 5.74) is 7.18. The highest BCUT2D eigenvalue weighted by Gasteiger charge is 2.09. The second kappa shape index (κ2) is 6.66. The number of benzene rings is 1. The number of hydrogen-bond donors (Lipinski definition) is 1. The van der Waals surface area contributed by atoms with E-state index in [0.29, 0.717) is 0 Å². The largest absolute Gasteiger partial charge is 0.493 e. The molecular formula is C12H19NO2S. The van der Waals surface area contributed by atoms with Crippen LogP contribution in [0.1, 0.15) is 18.0 Å². The van der Waals surface area contributed by atoms with Crippen LogP contribution in [0.15, 0.2) is 18.2 Å². The fourth-order valence-electron chi connectivity index (χ4n) is 1.49. The van der Waals surface area contributed by atoms with Crippen molar-refractivity contribution < 1.29 is 9.47 Å². The summed E-state index contributed by atoms with van der Waals surface area (Å²) in [6, 6.07) is 5.90. The predicted octanol–water partition coefficient (Wildman–Crippen LogP) is 2.46. The Hall–Kier alpha value is -0.870. The van der Waals surface area contributed by atoms with Gasteiger partial charge in [0, 0.05) is 6.04 Å². The summed E-state index contributed by atoms with van der Waals surface area (Å²) < 4.78 is 10.4. The van der Waals surface area contributed by atoms with Gasteiger partial charge in [0.05, 0.1) is 14.2 Å². The molecule has 0 amide bonds. The van der Waals surface area contributed by atoms with Crippen LogP contribution >= 0.6 is 11.8 Å². The van der Waals surface area contributed by atoms with Crippen molar-refractivity contribution in [2.24, 2.45) is 5.73 Å². The van der Waals surface area contributed by atoms with E-state index in [2.05, 4.69) is 6.26 Å². The molecular weight excluding hydrogens is 222 g/mol. The van der Waals surface area contributed by atoms with Gasteiger partial charge in [0.25, 0.3) is 0 Å². The third kappa shape index (κ3) is 3.32. The smallest absolute Gasteiger partial charge is 0.161 e. The molecule has 0 aromatic heterocycles. The van der Waals surface area contributed by atoms with Crippen LogP contribution in [-0.4, -0.2) is 26.2 Å². The zero-order valence-corrected chi connectivity index (χ0v) is 10.8. The molecule has 0 spiro atoms. The number of thioether (sulfide) groups is 1. The Bertz CT molecular complexity index is 331. The lowest BCUT2D eigenvalue weighted by atomic mass is 10.0. The average molecular weight is 241 g/mol. The topological polar surface area (TPSA) is 44.5 Å². The average Bonchev–Trinajstić information content (AvgIpc) is 2.34.